The molecule has 4 rings (SSSR count). The lowest BCUT2D eigenvalue weighted by Gasteiger charge is -2.20. The van der Waals surface area contributed by atoms with E-state index in [9.17, 15) is 9.90 Å². The molecule has 0 bridgehead atoms. The molecule has 0 aromatic heterocycles. The molecule has 3 heteroatoms. The molecule has 112 valence electrons. The highest BCUT2D eigenvalue weighted by atomic mass is 16.5. The summed E-state index contributed by atoms with van der Waals surface area (Å²) in [6, 6.07) is 18.4. The Bertz CT molecular complexity index is 961. The zero-order chi connectivity index (χ0) is 16.0. The van der Waals surface area contributed by atoms with Gasteiger partial charge in [0, 0.05) is 16.5 Å². The van der Waals surface area contributed by atoms with Crippen LogP contribution in [0.15, 0.2) is 60.7 Å². The predicted molar refractivity (Wildman–Crippen MR) is 90.7 cm³/mol. The molecule has 0 saturated heterocycles. The summed E-state index contributed by atoms with van der Waals surface area (Å²) in [5.74, 6) is 0.584. The van der Waals surface area contributed by atoms with Gasteiger partial charge in [-0.25, -0.2) is 0 Å². The number of carbonyl (C=O) groups excluding carboxylic acids is 1. The molecule has 1 aliphatic rings. The highest BCUT2D eigenvalue weighted by molar-refractivity contribution is 6.39. The Hall–Kier alpha value is -3.07. The van der Waals surface area contributed by atoms with Gasteiger partial charge < -0.3 is 9.84 Å². The smallest absolute Gasteiger partial charge is 0.198 e. The SMILES string of the molecule is COc1ccc(C2=C(O)c3cccc4cccc(c34)C2=O)cc1. The number of Topliss-reactive ketones (excluding diaryl/α,β-unsaturated/α-hetero) is 1. The van der Waals surface area contributed by atoms with Gasteiger partial charge in [0.2, 0.25) is 0 Å². The number of ketones is 1. The summed E-state index contributed by atoms with van der Waals surface area (Å²) in [5.41, 5.74) is 2.34. The van der Waals surface area contributed by atoms with E-state index >= 15 is 0 Å². The van der Waals surface area contributed by atoms with Gasteiger partial charge in [0.05, 0.1) is 12.7 Å². The second-order valence-corrected chi connectivity index (χ2v) is 5.49. The number of carbonyl (C=O) groups is 1. The van der Waals surface area contributed by atoms with Gasteiger partial charge >= 0.3 is 0 Å². The maximum atomic E-state index is 12.9. The van der Waals surface area contributed by atoms with Crippen LogP contribution in [0.2, 0.25) is 0 Å². The third-order valence-corrected chi connectivity index (χ3v) is 4.25. The van der Waals surface area contributed by atoms with E-state index in [1.165, 1.54) is 0 Å². The van der Waals surface area contributed by atoms with Crippen LogP contribution >= 0.6 is 0 Å². The van der Waals surface area contributed by atoms with Crippen LogP contribution in [0.3, 0.4) is 0 Å². The Kier molecular flexibility index (Phi) is 2.95. The number of allylic oxidation sites excluding steroid dienone is 1. The molecule has 1 aliphatic carbocycles. The molecule has 1 N–H and O–H groups in total. The molecule has 3 aromatic rings. The molecular weight excluding hydrogens is 288 g/mol. The minimum Gasteiger partial charge on any atom is -0.507 e. The summed E-state index contributed by atoms with van der Waals surface area (Å²) in [6.07, 6.45) is 0. The van der Waals surface area contributed by atoms with Gasteiger partial charge in [-0.1, -0.05) is 48.5 Å². The fraction of sp³-hybridized carbons (Fsp3) is 0.0500. The normalized spacial score (nSPS) is 13.5. The van der Waals surface area contributed by atoms with Gasteiger partial charge in [0.1, 0.15) is 11.5 Å². The summed E-state index contributed by atoms with van der Waals surface area (Å²) in [6.45, 7) is 0. The van der Waals surface area contributed by atoms with Crippen molar-refractivity contribution in [2.45, 2.75) is 0 Å². The summed E-state index contributed by atoms with van der Waals surface area (Å²) in [4.78, 5) is 12.9. The number of aliphatic hydroxyl groups is 1. The monoisotopic (exact) mass is 302 g/mol. The Morgan fingerprint density at radius 2 is 1.52 bits per heavy atom. The lowest BCUT2D eigenvalue weighted by Crippen LogP contribution is -2.12. The predicted octanol–water partition coefficient (Wildman–Crippen LogP) is 4.47. The topological polar surface area (TPSA) is 46.5 Å². The van der Waals surface area contributed by atoms with E-state index in [1.54, 1.807) is 31.4 Å². The highest BCUT2D eigenvalue weighted by Gasteiger charge is 2.28. The first-order valence-electron chi connectivity index (χ1n) is 7.35. The average molecular weight is 302 g/mol. The van der Waals surface area contributed by atoms with Gasteiger partial charge in [-0.05, 0) is 23.1 Å². The van der Waals surface area contributed by atoms with Crippen molar-refractivity contribution in [1.29, 1.82) is 0 Å². The number of hydrogen-bond donors (Lipinski definition) is 1. The number of rotatable bonds is 2. The molecule has 0 aliphatic heterocycles. The summed E-state index contributed by atoms with van der Waals surface area (Å²) >= 11 is 0. The zero-order valence-corrected chi connectivity index (χ0v) is 12.5. The molecule has 0 atom stereocenters. The van der Waals surface area contributed by atoms with Crippen LogP contribution in [-0.4, -0.2) is 18.0 Å². The van der Waals surface area contributed by atoms with Crippen molar-refractivity contribution >= 4 is 27.9 Å². The molecule has 0 amide bonds. The Balaban J connectivity index is 2.00. The largest absolute Gasteiger partial charge is 0.507 e. The lowest BCUT2D eigenvalue weighted by molar-refractivity contribution is 0.105. The Labute approximate surface area is 133 Å². The van der Waals surface area contributed by atoms with E-state index in [4.69, 9.17) is 4.74 Å². The maximum Gasteiger partial charge on any atom is 0.198 e. The number of hydrogen-bond acceptors (Lipinski definition) is 3. The van der Waals surface area contributed by atoms with Crippen molar-refractivity contribution in [2.24, 2.45) is 0 Å². The molecule has 3 aromatic carbocycles. The molecule has 0 unspecified atom stereocenters. The summed E-state index contributed by atoms with van der Waals surface area (Å²) < 4.78 is 5.15. The van der Waals surface area contributed by atoms with Gasteiger partial charge in [0.25, 0.3) is 0 Å². The summed E-state index contributed by atoms with van der Waals surface area (Å²) in [5, 5.41) is 12.5. The molecule has 23 heavy (non-hydrogen) atoms. The quantitative estimate of drug-likeness (QED) is 0.759. The van der Waals surface area contributed by atoms with Crippen molar-refractivity contribution < 1.29 is 14.6 Å². The first-order valence-corrected chi connectivity index (χ1v) is 7.35. The van der Waals surface area contributed by atoms with Crippen molar-refractivity contribution in [3.8, 4) is 5.75 Å². The highest BCUT2D eigenvalue weighted by Crippen LogP contribution is 2.39. The first-order chi connectivity index (χ1) is 11.2. The Morgan fingerprint density at radius 3 is 2.17 bits per heavy atom. The van der Waals surface area contributed by atoms with Crippen LogP contribution in [0.4, 0.5) is 0 Å². The van der Waals surface area contributed by atoms with E-state index in [2.05, 4.69) is 0 Å². The van der Waals surface area contributed by atoms with Crippen LogP contribution in [0, 0.1) is 0 Å². The second kappa shape index (κ2) is 4.99. The van der Waals surface area contributed by atoms with Crippen molar-refractivity contribution in [3.63, 3.8) is 0 Å². The second-order valence-electron chi connectivity index (χ2n) is 5.49. The van der Waals surface area contributed by atoms with Crippen LogP contribution in [-0.2, 0) is 0 Å². The number of ether oxygens (including phenoxy) is 1. The molecule has 0 radical (unpaired) electrons. The number of aliphatic hydroxyl groups excluding tert-OH is 1. The third kappa shape index (κ3) is 1.94. The van der Waals surface area contributed by atoms with Crippen molar-refractivity contribution in [2.75, 3.05) is 7.11 Å². The summed E-state index contributed by atoms with van der Waals surface area (Å²) in [7, 11) is 1.59. The van der Waals surface area contributed by atoms with Gasteiger partial charge in [-0.3, -0.25) is 4.79 Å². The van der Waals surface area contributed by atoms with E-state index in [0.717, 1.165) is 10.8 Å². The lowest BCUT2D eigenvalue weighted by atomic mass is 9.84. The molecule has 0 heterocycles. The van der Waals surface area contributed by atoms with Gasteiger partial charge in [-0.2, -0.15) is 0 Å². The zero-order valence-electron chi connectivity index (χ0n) is 12.5. The number of benzene rings is 3. The number of methoxy groups -OCH3 is 1. The first kappa shape index (κ1) is 13.6. The van der Waals surface area contributed by atoms with Gasteiger partial charge in [0.15, 0.2) is 5.78 Å². The maximum absolute atomic E-state index is 12.9. The minimum absolute atomic E-state index is 0.0319. The van der Waals surface area contributed by atoms with Gasteiger partial charge in [-0.15, -0.1) is 0 Å². The molecule has 0 spiro atoms. The van der Waals surface area contributed by atoms with Crippen LogP contribution < -0.4 is 4.74 Å². The van der Waals surface area contributed by atoms with Crippen LogP contribution in [0.1, 0.15) is 21.5 Å². The molecule has 0 fully saturated rings. The van der Waals surface area contributed by atoms with E-state index in [0.29, 0.717) is 28.0 Å². The third-order valence-electron chi connectivity index (χ3n) is 4.25. The van der Waals surface area contributed by atoms with Crippen molar-refractivity contribution in [1.82, 2.24) is 0 Å². The molecule has 3 nitrogen and oxygen atoms in total. The Morgan fingerprint density at radius 1 is 0.870 bits per heavy atom. The van der Waals surface area contributed by atoms with E-state index in [1.807, 2.05) is 36.4 Å². The van der Waals surface area contributed by atoms with Crippen LogP contribution in [0.5, 0.6) is 5.75 Å². The van der Waals surface area contributed by atoms with E-state index in [-0.39, 0.29) is 11.5 Å². The molecule has 0 saturated carbocycles. The fourth-order valence-electron chi connectivity index (χ4n) is 3.13. The standard InChI is InChI=1S/C20H14O3/c1-23-14-10-8-13(9-11-14)18-19(21)15-6-2-4-12-5-3-7-16(17(12)15)20(18)22/h2-11,21H,1H3. The van der Waals surface area contributed by atoms with Crippen LogP contribution in [0.25, 0.3) is 22.1 Å². The van der Waals surface area contributed by atoms with Crippen molar-refractivity contribution in [3.05, 3.63) is 77.4 Å². The molecular formula is C20H14O3. The fourth-order valence-corrected chi connectivity index (χ4v) is 3.13. The average Bonchev–Trinajstić information content (AvgIpc) is 2.60. The van der Waals surface area contributed by atoms with E-state index < -0.39 is 0 Å². The minimum atomic E-state index is -0.156.